The Morgan fingerprint density at radius 3 is 2.48 bits per heavy atom. The van der Waals surface area contributed by atoms with E-state index in [1.165, 1.54) is 5.56 Å². The molecule has 4 nitrogen and oxygen atoms in total. The second-order valence-electron chi connectivity index (χ2n) is 5.44. The first-order chi connectivity index (χ1) is 9.84. The fraction of sp³-hybridized carbons (Fsp3) is 0.500. The molecule has 0 aromatic heterocycles. The summed E-state index contributed by atoms with van der Waals surface area (Å²) in [7, 11) is -3.87. The molecule has 0 aliphatic carbocycles. The summed E-state index contributed by atoms with van der Waals surface area (Å²) in [5.41, 5.74) is 2.32. The second kappa shape index (κ2) is 7.73. The Hall–Kier alpha value is -1.17. The predicted molar refractivity (Wildman–Crippen MR) is 87.5 cm³/mol. The molecule has 1 aromatic carbocycles. The maximum absolute atomic E-state index is 10.9. The Labute approximate surface area is 128 Å². The molecular formula is C16H26NO3S+. The number of hydrogen-bond acceptors (Lipinski definition) is 2. The molecule has 0 amide bonds. The zero-order valence-electron chi connectivity index (χ0n) is 13.0. The minimum atomic E-state index is -3.87. The zero-order chi connectivity index (χ0) is 15.9. The van der Waals surface area contributed by atoms with E-state index in [1.807, 2.05) is 18.2 Å². The SMILES string of the molecule is C=Cc1cccc(C[N+](CC)(CC)CCCS(=O)(=O)O)c1. The Bertz CT molecular complexity index is 563. The van der Waals surface area contributed by atoms with E-state index in [0.717, 1.165) is 36.2 Å². The van der Waals surface area contributed by atoms with Crippen molar-refractivity contribution in [3.8, 4) is 0 Å². The Kier molecular flexibility index (Phi) is 6.58. The summed E-state index contributed by atoms with van der Waals surface area (Å²) in [5.74, 6) is -0.167. The summed E-state index contributed by atoms with van der Waals surface area (Å²) in [5, 5.41) is 0. The maximum atomic E-state index is 10.9. The van der Waals surface area contributed by atoms with E-state index in [4.69, 9.17) is 4.55 Å². The van der Waals surface area contributed by atoms with Gasteiger partial charge in [-0.3, -0.25) is 4.55 Å². The molecule has 0 radical (unpaired) electrons. The van der Waals surface area contributed by atoms with Crippen molar-refractivity contribution >= 4 is 16.2 Å². The van der Waals surface area contributed by atoms with Gasteiger partial charge < -0.3 is 4.48 Å². The maximum Gasteiger partial charge on any atom is 0.265 e. The lowest BCUT2D eigenvalue weighted by atomic mass is 10.1. The van der Waals surface area contributed by atoms with Crippen LogP contribution in [0.15, 0.2) is 30.8 Å². The molecule has 0 fully saturated rings. The van der Waals surface area contributed by atoms with E-state index in [2.05, 4.69) is 32.6 Å². The minimum Gasteiger partial charge on any atom is -0.320 e. The molecule has 1 rings (SSSR count). The van der Waals surface area contributed by atoms with Crippen molar-refractivity contribution in [2.24, 2.45) is 0 Å². The lowest BCUT2D eigenvalue weighted by molar-refractivity contribution is -0.937. The lowest BCUT2D eigenvalue weighted by Crippen LogP contribution is -2.48. The topological polar surface area (TPSA) is 54.4 Å². The summed E-state index contributed by atoms with van der Waals surface area (Å²) in [6.07, 6.45) is 2.30. The van der Waals surface area contributed by atoms with Crippen molar-refractivity contribution in [2.45, 2.75) is 26.8 Å². The Morgan fingerprint density at radius 1 is 1.29 bits per heavy atom. The Morgan fingerprint density at radius 2 is 1.95 bits per heavy atom. The van der Waals surface area contributed by atoms with Crippen molar-refractivity contribution < 1.29 is 17.5 Å². The van der Waals surface area contributed by atoms with Crippen LogP contribution in [0.1, 0.15) is 31.4 Å². The first kappa shape index (κ1) is 17.9. The second-order valence-corrected chi connectivity index (χ2v) is 7.02. The van der Waals surface area contributed by atoms with Gasteiger partial charge in [-0.05, 0) is 25.5 Å². The van der Waals surface area contributed by atoms with Crippen molar-refractivity contribution in [3.05, 3.63) is 42.0 Å². The van der Waals surface area contributed by atoms with Crippen LogP contribution in [0.3, 0.4) is 0 Å². The zero-order valence-corrected chi connectivity index (χ0v) is 13.8. The average molecular weight is 312 g/mol. The molecule has 0 saturated carbocycles. The van der Waals surface area contributed by atoms with Crippen LogP contribution in [0.2, 0.25) is 0 Å². The highest BCUT2D eigenvalue weighted by molar-refractivity contribution is 7.85. The summed E-state index contributed by atoms with van der Waals surface area (Å²) in [4.78, 5) is 0. The highest BCUT2D eigenvalue weighted by atomic mass is 32.2. The highest BCUT2D eigenvalue weighted by Crippen LogP contribution is 2.17. The van der Waals surface area contributed by atoms with Gasteiger partial charge in [-0.15, -0.1) is 0 Å². The normalized spacial score (nSPS) is 12.3. The smallest absolute Gasteiger partial charge is 0.265 e. The highest BCUT2D eigenvalue weighted by Gasteiger charge is 2.24. The monoisotopic (exact) mass is 312 g/mol. The molecule has 21 heavy (non-hydrogen) atoms. The molecule has 0 unspecified atom stereocenters. The number of benzene rings is 1. The van der Waals surface area contributed by atoms with Crippen LogP contribution in [0.25, 0.3) is 6.08 Å². The van der Waals surface area contributed by atoms with Gasteiger partial charge >= 0.3 is 0 Å². The van der Waals surface area contributed by atoms with Crippen molar-refractivity contribution in [1.82, 2.24) is 0 Å². The molecule has 118 valence electrons. The molecule has 0 bridgehead atoms. The summed E-state index contributed by atoms with van der Waals surface area (Å²) in [6, 6.07) is 8.24. The van der Waals surface area contributed by atoms with Gasteiger partial charge in [0.2, 0.25) is 0 Å². The first-order valence-electron chi connectivity index (χ1n) is 7.36. The van der Waals surface area contributed by atoms with Gasteiger partial charge in [0, 0.05) is 12.0 Å². The van der Waals surface area contributed by atoms with Gasteiger partial charge in [-0.25, -0.2) is 0 Å². The number of nitrogens with zero attached hydrogens (tertiary/aromatic N) is 1. The van der Waals surface area contributed by atoms with Crippen LogP contribution in [-0.2, 0) is 16.7 Å². The Balaban J connectivity index is 2.81. The molecule has 1 aromatic rings. The predicted octanol–water partition coefficient (Wildman–Crippen LogP) is 2.96. The van der Waals surface area contributed by atoms with E-state index >= 15 is 0 Å². The molecule has 5 heteroatoms. The first-order valence-corrected chi connectivity index (χ1v) is 8.96. The fourth-order valence-electron chi connectivity index (χ4n) is 2.63. The van der Waals surface area contributed by atoms with Crippen LogP contribution in [-0.4, -0.2) is 42.8 Å². The standard InChI is InChI=1S/C16H25NO3S/c1-4-15-9-7-10-16(13-15)14-17(5-2,6-3)11-8-12-21(18,19)20/h4,7,9-10,13H,1,5-6,8,11-12,14H2,2-3H3/p+1. The van der Waals surface area contributed by atoms with Crippen LogP contribution < -0.4 is 0 Å². The molecule has 0 saturated heterocycles. The average Bonchev–Trinajstić information content (AvgIpc) is 2.45. The van der Waals surface area contributed by atoms with Gasteiger partial charge in [0.1, 0.15) is 6.54 Å². The lowest BCUT2D eigenvalue weighted by Gasteiger charge is -2.37. The summed E-state index contributed by atoms with van der Waals surface area (Å²) < 4.78 is 31.4. The van der Waals surface area contributed by atoms with Crippen molar-refractivity contribution in [2.75, 3.05) is 25.4 Å². The third-order valence-electron chi connectivity index (χ3n) is 4.08. The largest absolute Gasteiger partial charge is 0.320 e. The van der Waals surface area contributed by atoms with Crippen molar-refractivity contribution in [1.29, 1.82) is 0 Å². The number of rotatable bonds is 9. The van der Waals surface area contributed by atoms with E-state index in [1.54, 1.807) is 0 Å². The minimum absolute atomic E-state index is 0.167. The molecule has 0 heterocycles. The quantitative estimate of drug-likeness (QED) is 0.563. The van der Waals surface area contributed by atoms with E-state index in [0.29, 0.717) is 6.42 Å². The third kappa shape index (κ3) is 5.99. The number of quaternary nitrogens is 1. The van der Waals surface area contributed by atoms with Crippen LogP contribution >= 0.6 is 0 Å². The van der Waals surface area contributed by atoms with Gasteiger partial charge in [-0.1, -0.05) is 30.9 Å². The molecule has 0 atom stereocenters. The molecule has 0 spiro atoms. The number of hydrogen-bond donors (Lipinski definition) is 1. The van der Waals surface area contributed by atoms with Crippen LogP contribution in [0, 0.1) is 0 Å². The van der Waals surface area contributed by atoms with Gasteiger partial charge in [0.25, 0.3) is 10.1 Å². The molecule has 1 N–H and O–H groups in total. The summed E-state index contributed by atoms with van der Waals surface area (Å²) in [6.45, 7) is 11.5. The molecule has 0 aliphatic heterocycles. The fourth-order valence-corrected chi connectivity index (χ4v) is 3.12. The van der Waals surface area contributed by atoms with Crippen molar-refractivity contribution in [3.63, 3.8) is 0 Å². The molecule has 0 aliphatic rings. The van der Waals surface area contributed by atoms with E-state index in [9.17, 15) is 8.42 Å². The van der Waals surface area contributed by atoms with Crippen LogP contribution in [0.5, 0.6) is 0 Å². The summed E-state index contributed by atoms with van der Waals surface area (Å²) >= 11 is 0. The van der Waals surface area contributed by atoms with E-state index < -0.39 is 10.1 Å². The van der Waals surface area contributed by atoms with Gasteiger partial charge in [-0.2, -0.15) is 8.42 Å². The molecular weight excluding hydrogens is 286 g/mol. The van der Waals surface area contributed by atoms with Crippen LogP contribution in [0.4, 0.5) is 0 Å². The van der Waals surface area contributed by atoms with Gasteiger partial charge in [0.05, 0.1) is 25.4 Å². The van der Waals surface area contributed by atoms with E-state index in [-0.39, 0.29) is 5.75 Å². The van der Waals surface area contributed by atoms with Gasteiger partial charge in [0.15, 0.2) is 0 Å². The third-order valence-corrected chi connectivity index (χ3v) is 4.89.